The van der Waals surface area contributed by atoms with Gasteiger partial charge in [0.1, 0.15) is 5.75 Å². The van der Waals surface area contributed by atoms with Gasteiger partial charge in [0.2, 0.25) is 0 Å². The molecule has 0 radical (unpaired) electrons. The van der Waals surface area contributed by atoms with Crippen molar-refractivity contribution in [2.75, 3.05) is 12.3 Å². The van der Waals surface area contributed by atoms with Crippen molar-refractivity contribution < 1.29 is 4.74 Å². The van der Waals surface area contributed by atoms with Crippen molar-refractivity contribution in [1.29, 1.82) is 0 Å². The van der Waals surface area contributed by atoms with Gasteiger partial charge in [-0.05, 0) is 49.8 Å². The highest BCUT2D eigenvalue weighted by molar-refractivity contribution is 7.99. The largest absolute Gasteiger partial charge is 0.491 e. The van der Waals surface area contributed by atoms with Crippen LogP contribution < -0.4 is 10.1 Å². The van der Waals surface area contributed by atoms with Crippen molar-refractivity contribution in [1.82, 2.24) is 5.32 Å². The number of hydrogen-bond donors (Lipinski definition) is 1. The van der Waals surface area contributed by atoms with E-state index in [2.05, 4.69) is 64.2 Å². The van der Waals surface area contributed by atoms with Gasteiger partial charge in [-0.2, -0.15) is 11.8 Å². The summed E-state index contributed by atoms with van der Waals surface area (Å²) in [5.74, 6) is 2.07. The molecule has 1 rings (SSSR count). The molecule has 0 fully saturated rings. The van der Waals surface area contributed by atoms with E-state index in [-0.39, 0.29) is 6.10 Å². The summed E-state index contributed by atoms with van der Waals surface area (Å²) in [4.78, 5) is 0. The van der Waals surface area contributed by atoms with Gasteiger partial charge >= 0.3 is 0 Å². The lowest BCUT2D eigenvalue weighted by Gasteiger charge is -2.20. The van der Waals surface area contributed by atoms with Crippen molar-refractivity contribution in [3.05, 3.63) is 29.8 Å². The Morgan fingerprint density at radius 2 is 1.75 bits per heavy atom. The second-order valence-corrected chi connectivity index (χ2v) is 7.23. The van der Waals surface area contributed by atoms with Crippen molar-refractivity contribution in [3.8, 4) is 5.75 Å². The second-order valence-electron chi connectivity index (χ2n) is 5.62. The lowest BCUT2D eigenvalue weighted by molar-refractivity contribution is 0.242. The van der Waals surface area contributed by atoms with Gasteiger partial charge in [-0.25, -0.2) is 0 Å². The minimum atomic E-state index is 0.228. The van der Waals surface area contributed by atoms with Crippen LogP contribution in [0.15, 0.2) is 24.3 Å². The molecule has 0 bridgehead atoms. The van der Waals surface area contributed by atoms with Crippen LogP contribution in [0, 0.1) is 0 Å². The Morgan fingerprint density at radius 3 is 2.25 bits per heavy atom. The SMILES string of the molecule is CCCNC(CSC(C)C)c1ccc(OC(C)C)cc1. The van der Waals surface area contributed by atoms with Crippen LogP contribution >= 0.6 is 11.8 Å². The molecule has 2 nitrogen and oxygen atoms in total. The number of thioether (sulfide) groups is 1. The molecule has 0 aliphatic heterocycles. The third-order valence-electron chi connectivity index (χ3n) is 2.89. The Kier molecular flexibility index (Phi) is 8.08. The molecule has 1 aromatic rings. The molecule has 1 aromatic carbocycles. The topological polar surface area (TPSA) is 21.3 Å². The molecule has 1 atom stereocenters. The van der Waals surface area contributed by atoms with Crippen LogP contribution in [0.25, 0.3) is 0 Å². The van der Waals surface area contributed by atoms with Gasteiger partial charge in [0, 0.05) is 11.8 Å². The molecular formula is C17H29NOS. The average Bonchev–Trinajstić information content (AvgIpc) is 2.39. The van der Waals surface area contributed by atoms with Gasteiger partial charge in [-0.15, -0.1) is 0 Å². The zero-order valence-electron chi connectivity index (χ0n) is 13.5. The summed E-state index contributed by atoms with van der Waals surface area (Å²) in [6.45, 7) is 11.9. The van der Waals surface area contributed by atoms with Gasteiger partial charge in [0.15, 0.2) is 0 Å². The third-order valence-corrected chi connectivity index (χ3v) is 4.08. The molecule has 1 unspecified atom stereocenters. The predicted molar refractivity (Wildman–Crippen MR) is 90.8 cm³/mol. The lowest BCUT2D eigenvalue weighted by atomic mass is 10.1. The predicted octanol–water partition coefficient (Wildman–Crippen LogP) is 4.66. The van der Waals surface area contributed by atoms with Gasteiger partial charge in [-0.1, -0.05) is 32.9 Å². The van der Waals surface area contributed by atoms with Crippen LogP contribution in [0.3, 0.4) is 0 Å². The van der Waals surface area contributed by atoms with Crippen LogP contribution in [0.4, 0.5) is 0 Å². The molecule has 3 heteroatoms. The molecule has 114 valence electrons. The maximum atomic E-state index is 5.70. The van der Waals surface area contributed by atoms with Crippen molar-refractivity contribution in [3.63, 3.8) is 0 Å². The van der Waals surface area contributed by atoms with Crippen molar-refractivity contribution in [2.45, 2.75) is 58.4 Å². The van der Waals surface area contributed by atoms with E-state index in [1.807, 2.05) is 11.8 Å². The molecule has 0 aliphatic rings. The summed E-state index contributed by atoms with van der Waals surface area (Å²) in [6.07, 6.45) is 1.39. The number of benzene rings is 1. The standard InChI is InChI=1S/C17H29NOS/c1-6-11-18-17(12-20-14(4)5)15-7-9-16(10-8-15)19-13(2)3/h7-10,13-14,17-18H,6,11-12H2,1-5H3. The molecule has 0 aliphatic carbocycles. The fourth-order valence-corrected chi connectivity index (χ4v) is 2.82. The summed E-state index contributed by atoms with van der Waals surface area (Å²) in [7, 11) is 0. The van der Waals surface area contributed by atoms with Crippen molar-refractivity contribution >= 4 is 11.8 Å². The number of nitrogens with one attached hydrogen (secondary N) is 1. The van der Waals surface area contributed by atoms with Gasteiger partial charge in [-0.3, -0.25) is 0 Å². The zero-order chi connectivity index (χ0) is 15.0. The Morgan fingerprint density at radius 1 is 1.10 bits per heavy atom. The van der Waals surface area contributed by atoms with Gasteiger partial charge in [0.05, 0.1) is 6.10 Å². The first-order valence-electron chi connectivity index (χ1n) is 7.64. The lowest BCUT2D eigenvalue weighted by Crippen LogP contribution is -2.24. The summed E-state index contributed by atoms with van der Waals surface area (Å²) in [5.41, 5.74) is 1.35. The first-order valence-corrected chi connectivity index (χ1v) is 8.69. The Bertz CT molecular complexity index is 362. The van der Waals surface area contributed by atoms with E-state index < -0.39 is 0 Å². The minimum Gasteiger partial charge on any atom is -0.491 e. The van der Waals surface area contributed by atoms with E-state index in [0.717, 1.165) is 24.5 Å². The molecule has 0 heterocycles. The molecular weight excluding hydrogens is 266 g/mol. The van der Waals surface area contributed by atoms with E-state index in [4.69, 9.17) is 4.74 Å². The van der Waals surface area contributed by atoms with E-state index >= 15 is 0 Å². The van der Waals surface area contributed by atoms with Crippen LogP contribution in [0.1, 0.15) is 52.6 Å². The first kappa shape index (κ1) is 17.4. The fraction of sp³-hybridized carbons (Fsp3) is 0.647. The highest BCUT2D eigenvalue weighted by Crippen LogP contribution is 2.23. The smallest absolute Gasteiger partial charge is 0.119 e. The quantitative estimate of drug-likeness (QED) is 0.716. The molecule has 0 aromatic heterocycles. The number of hydrogen-bond acceptors (Lipinski definition) is 3. The summed E-state index contributed by atoms with van der Waals surface area (Å²) >= 11 is 2.01. The Hall–Kier alpha value is -0.670. The van der Waals surface area contributed by atoms with E-state index in [0.29, 0.717) is 11.3 Å². The molecule has 0 spiro atoms. The van der Waals surface area contributed by atoms with Crippen molar-refractivity contribution in [2.24, 2.45) is 0 Å². The van der Waals surface area contributed by atoms with Crippen LogP contribution in [-0.4, -0.2) is 23.7 Å². The van der Waals surface area contributed by atoms with Gasteiger partial charge < -0.3 is 10.1 Å². The zero-order valence-corrected chi connectivity index (χ0v) is 14.3. The highest BCUT2D eigenvalue weighted by atomic mass is 32.2. The van der Waals surface area contributed by atoms with E-state index in [9.17, 15) is 0 Å². The second kappa shape index (κ2) is 9.30. The molecule has 20 heavy (non-hydrogen) atoms. The molecule has 0 saturated heterocycles. The van der Waals surface area contributed by atoms with Crippen LogP contribution in [0.2, 0.25) is 0 Å². The summed E-state index contributed by atoms with van der Waals surface area (Å²) in [6, 6.07) is 8.96. The maximum absolute atomic E-state index is 5.70. The highest BCUT2D eigenvalue weighted by Gasteiger charge is 2.12. The first-order chi connectivity index (χ1) is 9.52. The summed E-state index contributed by atoms with van der Waals surface area (Å²) in [5, 5.41) is 4.31. The number of ether oxygens (including phenoxy) is 1. The van der Waals surface area contributed by atoms with Crippen LogP contribution in [0.5, 0.6) is 5.75 Å². The number of rotatable bonds is 9. The average molecular weight is 295 g/mol. The van der Waals surface area contributed by atoms with E-state index in [1.54, 1.807) is 0 Å². The maximum Gasteiger partial charge on any atom is 0.119 e. The van der Waals surface area contributed by atoms with E-state index in [1.165, 1.54) is 5.56 Å². The monoisotopic (exact) mass is 295 g/mol. The summed E-state index contributed by atoms with van der Waals surface area (Å²) < 4.78 is 5.70. The minimum absolute atomic E-state index is 0.228. The third kappa shape index (κ3) is 6.67. The van der Waals surface area contributed by atoms with Crippen LogP contribution in [-0.2, 0) is 0 Å². The fourth-order valence-electron chi connectivity index (χ4n) is 1.93. The Balaban J connectivity index is 2.68. The normalized spacial score (nSPS) is 12.9. The Labute approximate surface area is 128 Å². The molecule has 1 N–H and O–H groups in total. The molecule has 0 saturated carbocycles. The molecule has 0 amide bonds. The van der Waals surface area contributed by atoms with Gasteiger partial charge in [0.25, 0.3) is 0 Å².